The SMILES string of the molecule is CC1CCCCC1Nc1ccc(Cl)cc1F. The Kier molecular flexibility index (Phi) is 3.70. The zero-order valence-electron chi connectivity index (χ0n) is 9.47. The molecule has 2 atom stereocenters. The van der Waals surface area contributed by atoms with Gasteiger partial charge in [-0.3, -0.25) is 0 Å². The normalized spacial score (nSPS) is 25.4. The average molecular weight is 242 g/mol. The maximum Gasteiger partial charge on any atom is 0.147 e. The molecule has 0 aromatic heterocycles. The number of hydrogen-bond acceptors (Lipinski definition) is 1. The second kappa shape index (κ2) is 5.05. The molecule has 0 aliphatic heterocycles. The van der Waals surface area contributed by atoms with Crippen molar-refractivity contribution in [3.05, 3.63) is 29.0 Å². The molecule has 1 N–H and O–H groups in total. The second-order valence-electron chi connectivity index (χ2n) is 4.64. The first-order valence-corrected chi connectivity index (χ1v) is 6.26. The van der Waals surface area contributed by atoms with Crippen LogP contribution in [-0.2, 0) is 0 Å². The van der Waals surface area contributed by atoms with Crippen molar-refractivity contribution in [2.75, 3.05) is 5.32 Å². The Morgan fingerprint density at radius 3 is 2.75 bits per heavy atom. The second-order valence-corrected chi connectivity index (χ2v) is 5.07. The highest BCUT2D eigenvalue weighted by Gasteiger charge is 2.21. The summed E-state index contributed by atoms with van der Waals surface area (Å²) in [5.74, 6) is 0.356. The van der Waals surface area contributed by atoms with Crippen LogP contribution in [0.15, 0.2) is 18.2 Å². The van der Waals surface area contributed by atoms with Gasteiger partial charge in [0.25, 0.3) is 0 Å². The van der Waals surface area contributed by atoms with E-state index in [-0.39, 0.29) is 5.82 Å². The van der Waals surface area contributed by atoms with Gasteiger partial charge >= 0.3 is 0 Å². The molecule has 1 aromatic rings. The molecule has 1 aliphatic carbocycles. The predicted molar refractivity (Wildman–Crippen MR) is 66.5 cm³/mol. The lowest BCUT2D eigenvalue weighted by molar-refractivity contribution is 0.348. The monoisotopic (exact) mass is 241 g/mol. The quantitative estimate of drug-likeness (QED) is 0.806. The van der Waals surface area contributed by atoms with Gasteiger partial charge in [-0.15, -0.1) is 0 Å². The Morgan fingerprint density at radius 2 is 2.06 bits per heavy atom. The Morgan fingerprint density at radius 1 is 1.31 bits per heavy atom. The van der Waals surface area contributed by atoms with E-state index in [2.05, 4.69) is 12.2 Å². The van der Waals surface area contributed by atoms with Crippen LogP contribution in [0, 0.1) is 11.7 Å². The summed E-state index contributed by atoms with van der Waals surface area (Å²) in [5.41, 5.74) is 0.572. The Labute approximate surface area is 101 Å². The fourth-order valence-electron chi connectivity index (χ4n) is 2.34. The van der Waals surface area contributed by atoms with Gasteiger partial charge in [0.15, 0.2) is 0 Å². The Hall–Kier alpha value is -0.760. The van der Waals surface area contributed by atoms with Crippen LogP contribution in [0.2, 0.25) is 5.02 Å². The van der Waals surface area contributed by atoms with Crippen molar-refractivity contribution in [1.29, 1.82) is 0 Å². The van der Waals surface area contributed by atoms with Gasteiger partial charge in [-0.1, -0.05) is 31.4 Å². The topological polar surface area (TPSA) is 12.0 Å². The first kappa shape index (κ1) is 11.7. The molecule has 88 valence electrons. The number of hydrogen-bond donors (Lipinski definition) is 1. The largest absolute Gasteiger partial charge is 0.380 e. The fourth-order valence-corrected chi connectivity index (χ4v) is 2.50. The van der Waals surface area contributed by atoms with E-state index in [1.807, 2.05) is 0 Å². The van der Waals surface area contributed by atoms with E-state index < -0.39 is 0 Å². The lowest BCUT2D eigenvalue weighted by Crippen LogP contribution is -2.30. The molecule has 2 unspecified atom stereocenters. The van der Waals surface area contributed by atoms with Gasteiger partial charge in [-0.2, -0.15) is 0 Å². The van der Waals surface area contributed by atoms with E-state index in [1.165, 1.54) is 25.3 Å². The van der Waals surface area contributed by atoms with Crippen molar-refractivity contribution >= 4 is 17.3 Å². The molecule has 16 heavy (non-hydrogen) atoms. The molecular weight excluding hydrogens is 225 g/mol. The zero-order chi connectivity index (χ0) is 11.5. The van der Waals surface area contributed by atoms with E-state index >= 15 is 0 Å². The van der Waals surface area contributed by atoms with Crippen molar-refractivity contribution in [1.82, 2.24) is 0 Å². The van der Waals surface area contributed by atoms with Crippen LogP contribution in [0.25, 0.3) is 0 Å². The van der Waals surface area contributed by atoms with Crippen molar-refractivity contribution < 1.29 is 4.39 Å². The molecule has 0 amide bonds. The van der Waals surface area contributed by atoms with Gasteiger partial charge in [0.2, 0.25) is 0 Å². The molecule has 1 nitrogen and oxygen atoms in total. The van der Waals surface area contributed by atoms with Crippen LogP contribution in [-0.4, -0.2) is 6.04 Å². The molecule has 1 fully saturated rings. The van der Waals surface area contributed by atoms with Crippen molar-refractivity contribution in [2.45, 2.75) is 38.6 Å². The summed E-state index contributed by atoms with van der Waals surface area (Å²) < 4.78 is 13.6. The first-order valence-electron chi connectivity index (χ1n) is 5.88. The summed E-state index contributed by atoms with van der Waals surface area (Å²) in [4.78, 5) is 0. The van der Waals surface area contributed by atoms with Crippen LogP contribution in [0.1, 0.15) is 32.6 Å². The lowest BCUT2D eigenvalue weighted by atomic mass is 9.86. The summed E-state index contributed by atoms with van der Waals surface area (Å²) in [5, 5.41) is 3.74. The number of halogens is 2. The molecule has 1 aliphatic rings. The van der Waals surface area contributed by atoms with Gasteiger partial charge in [-0.05, 0) is 37.0 Å². The molecule has 0 spiro atoms. The summed E-state index contributed by atoms with van der Waals surface area (Å²) in [6.07, 6.45) is 4.88. The minimum Gasteiger partial charge on any atom is -0.380 e. The highest BCUT2D eigenvalue weighted by molar-refractivity contribution is 6.30. The molecule has 0 heterocycles. The number of anilines is 1. The number of benzene rings is 1. The minimum absolute atomic E-state index is 0.259. The van der Waals surface area contributed by atoms with Gasteiger partial charge in [0.1, 0.15) is 5.82 Å². The smallest absolute Gasteiger partial charge is 0.147 e. The summed E-state index contributed by atoms with van der Waals surface area (Å²) in [6.45, 7) is 2.23. The predicted octanol–water partition coefficient (Wildman–Crippen LogP) is 4.47. The lowest BCUT2D eigenvalue weighted by Gasteiger charge is -2.30. The zero-order valence-corrected chi connectivity index (χ0v) is 10.2. The van der Waals surface area contributed by atoms with Gasteiger partial charge in [0.05, 0.1) is 5.69 Å². The van der Waals surface area contributed by atoms with E-state index in [4.69, 9.17) is 11.6 Å². The standard InChI is InChI=1S/C13H17ClFN/c1-9-4-2-3-5-12(9)16-13-7-6-10(14)8-11(13)15/h6-9,12,16H,2-5H2,1H3. The molecule has 0 bridgehead atoms. The minimum atomic E-state index is -0.259. The first-order chi connectivity index (χ1) is 7.66. The summed E-state index contributed by atoms with van der Waals surface area (Å²) >= 11 is 5.72. The number of rotatable bonds is 2. The van der Waals surface area contributed by atoms with Gasteiger partial charge in [-0.25, -0.2) is 4.39 Å². The van der Waals surface area contributed by atoms with Crippen LogP contribution in [0.5, 0.6) is 0 Å². The Balaban J connectivity index is 2.07. The Bertz CT molecular complexity index is 367. The molecule has 1 saturated carbocycles. The van der Waals surface area contributed by atoms with E-state index in [0.717, 1.165) is 6.42 Å². The van der Waals surface area contributed by atoms with E-state index in [0.29, 0.717) is 22.7 Å². The third-order valence-electron chi connectivity index (χ3n) is 3.38. The van der Waals surface area contributed by atoms with Gasteiger partial charge < -0.3 is 5.32 Å². The van der Waals surface area contributed by atoms with Gasteiger partial charge in [0, 0.05) is 11.1 Å². The van der Waals surface area contributed by atoms with Crippen molar-refractivity contribution in [2.24, 2.45) is 5.92 Å². The maximum absolute atomic E-state index is 13.6. The van der Waals surface area contributed by atoms with Crippen LogP contribution < -0.4 is 5.32 Å². The molecule has 0 radical (unpaired) electrons. The summed E-state index contributed by atoms with van der Waals surface area (Å²) in [7, 11) is 0. The van der Waals surface area contributed by atoms with Crippen molar-refractivity contribution in [3.63, 3.8) is 0 Å². The van der Waals surface area contributed by atoms with Crippen LogP contribution in [0.3, 0.4) is 0 Å². The highest BCUT2D eigenvalue weighted by Crippen LogP contribution is 2.28. The average Bonchev–Trinajstić information content (AvgIpc) is 2.25. The van der Waals surface area contributed by atoms with Crippen molar-refractivity contribution in [3.8, 4) is 0 Å². The molecular formula is C13H17ClFN. The molecule has 3 heteroatoms. The number of nitrogens with one attached hydrogen (secondary N) is 1. The third-order valence-corrected chi connectivity index (χ3v) is 3.62. The molecule has 1 aromatic carbocycles. The van der Waals surface area contributed by atoms with Crippen LogP contribution >= 0.6 is 11.6 Å². The highest BCUT2D eigenvalue weighted by atomic mass is 35.5. The molecule has 0 saturated heterocycles. The van der Waals surface area contributed by atoms with E-state index in [1.54, 1.807) is 12.1 Å². The van der Waals surface area contributed by atoms with Crippen LogP contribution in [0.4, 0.5) is 10.1 Å². The van der Waals surface area contributed by atoms with E-state index in [9.17, 15) is 4.39 Å². The maximum atomic E-state index is 13.6. The summed E-state index contributed by atoms with van der Waals surface area (Å²) in [6, 6.07) is 5.20. The third kappa shape index (κ3) is 2.67. The molecule has 2 rings (SSSR count). The fraction of sp³-hybridized carbons (Fsp3) is 0.538.